The largest absolute Gasteiger partial charge is 0.344 e. The maximum Gasteiger partial charge on any atom is 0.270 e. The van der Waals surface area contributed by atoms with Gasteiger partial charge in [0, 0.05) is 11.1 Å². The highest BCUT2D eigenvalue weighted by atomic mass is 16.2. The number of rotatable bonds is 7. The van der Waals surface area contributed by atoms with Crippen LogP contribution in [0.1, 0.15) is 47.4 Å². The first-order valence-electron chi connectivity index (χ1n) is 10.7. The molecule has 0 saturated carbocycles. The number of hydrogen-bond acceptors (Lipinski definition) is 2. The highest BCUT2D eigenvalue weighted by Gasteiger charge is 2.22. The Bertz CT molecular complexity index is 1130. The molecule has 0 fully saturated rings. The van der Waals surface area contributed by atoms with E-state index in [0.29, 0.717) is 17.2 Å². The summed E-state index contributed by atoms with van der Waals surface area (Å²) in [4.78, 5) is 21.5. The highest BCUT2D eigenvalue weighted by molar-refractivity contribution is 5.99. The first-order chi connectivity index (χ1) is 15.2. The smallest absolute Gasteiger partial charge is 0.270 e. The highest BCUT2D eigenvalue weighted by Crippen LogP contribution is 2.27. The van der Waals surface area contributed by atoms with Crippen molar-refractivity contribution in [3.8, 4) is 22.6 Å². The van der Waals surface area contributed by atoms with E-state index < -0.39 is 0 Å². The third-order valence-electron chi connectivity index (χ3n) is 5.39. The van der Waals surface area contributed by atoms with Crippen LogP contribution in [0.5, 0.6) is 0 Å². The molecule has 0 radical (unpaired) electrons. The van der Waals surface area contributed by atoms with E-state index in [1.165, 1.54) is 5.56 Å². The summed E-state index contributed by atoms with van der Waals surface area (Å²) in [6, 6.07) is 28.1. The maximum absolute atomic E-state index is 13.4. The molecular formula is C27H27N3O. The number of amides is 1. The summed E-state index contributed by atoms with van der Waals surface area (Å²) in [5.74, 6) is 0.542. The molecule has 1 unspecified atom stereocenters. The van der Waals surface area contributed by atoms with E-state index >= 15 is 0 Å². The number of imidazole rings is 1. The average molecular weight is 410 g/mol. The molecule has 4 heteroatoms. The van der Waals surface area contributed by atoms with Crippen LogP contribution in [0.4, 0.5) is 0 Å². The van der Waals surface area contributed by atoms with Crippen LogP contribution in [0.25, 0.3) is 22.6 Å². The molecular weight excluding hydrogens is 382 g/mol. The third-order valence-corrected chi connectivity index (χ3v) is 5.39. The van der Waals surface area contributed by atoms with Gasteiger partial charge < -0.3 is 10.3 Å². The number of aromatic nitrogens is 2. The van der Waals surface area contributed by atoms with Crippen molar-refractivity contribution < 1.29 is 4.79 Å². The van der Waals surface area contributed by atoms with Gasteiger partial charge in [0.1, 0.15) is 17.2 Å². The fourth-order valence-corrected chi connectivity index (χ4v) is 3.72. The standard InChI is InChI=1S/C27H27N3O/c1-3-10-23(20-11-6-4-7-12-20)28-27(31)25-24(21-17-15-19(2)16-18-21)29-26(30-25)22-13-8-5-9-14-22/h4-9,11-18,23H,3,10H2,1-2H3,(H,28,31)(H,29,30). The Labute approximate surface area is 183 Å². The first kappa shape index (κ1) is 20.6. The van der Waals surface area contributed by atoms with Crippen molar-refractivity contribution in [3.05, 3.63) is 102 Å². The minimum atomic E-state index is -0.146. The zero-order chi connectivity index (χ0) is 21.6. The minimum absolute atomic E-state index is 0.0481. The Morgan fingerprint density at radius 2 is 1.55 bits per heavy atom. The zero-order valence-corrected chi connectivity index (χ0v) is 17.9. The van der Waals surface area contributed by atoms with Gasteiger partial charge in [-0.3, -0.25) is 4.79 Å². The number of aryl methyl sites for hydroxylation is 1. The number of hydrogen-bond donors (Lipinski definition) is 2. The van der Waals surface area contributed by atoms with Crippen molar-refractivity contribution in [1.29, 1.82) is 0 Å². The van der Waals surface area contributed by atoms with Crippen molar-refractivity contribution in [2.24, 2.45) is 0 Å². The summed E-state index contributed by atoms with van der Waals surface area (Å²) in [6.07, 6.45) is 1.85. The second kappa shape index (κ2) is 9.43. The molecule has 0 aliphatic heterocycles. The lowest BCUT2D eigenvalue weighted by molar-refractivity contribution is 0.0930. The molecule has 0 saturated heterocycles. The number of H-pyrrole nitrogens is 1. The molecule has 156 valence electrons. The van der Waals surface area contributed by atoms with Crippen LogP contribution in [0.3, 0.4) is 0 Å². The average Bonchev–Trinajstić information content (AvgIpc) is 3.26. The van der Waals surface area contributed by atoms with Crippen LogP contribution in [0, 0.1) is 6.92 Å². The quantitative estimate of drug-likeness (QED) is 0.375. The second-order valence-electron chi connectivity index (χ2n) is 7.77. The van der Waals surface area contributed by atoms with Gasteiger partial charge in [-0.05, 0) is 18.9 Å². The van der Waals surface area contributed by atoms with Crippen molar-refractivity contribution in [2.45, 2.75) is 32.7 Å². The van der Waals surface area contributed by atoms with Crippen LogP contribution >= 0.6 is 0 Å². The number of nitrogens with zero attached hydrogens (tertiary/aromatic N) is 1. The van der Waals surface area contributed by atoms with Crippen LogP contribution in [-0.2, 0) is 0 Å². The molecule has 4 nitrogen and oxygen atoms in total. The molecule has 0 aliphatic rings. The van der Waals surface area contributed by atoms with E-state index in [-0.39, 0.29) is 11.9 Å². The molecule has 1 amide bonds. The van der Waals surface area contributed by atoms with Gasteiger partial charge in [-0.25, -0.2) is 4.98 Å². The molecule has 1 heterocycles. The SMILES string of the molecule is CCCC(NC(=O)c1[nH]c(-c2ccccc2)nc1-c1ccc(C)cc1)c1ccccc1. The predicted octanol–water partition coefficient (Wildman–Crippen LogP) is 6.32. The lowest BCUT2D eigenvalue weighted by atomic mass is 10.0. The Morgan fingerprint density at radius 3 is 2.19 bits per heavy atom. The van der Waals surface area contributed by atoms with E-state index in [9.17, 15) is 4.79 Å². The summed E-state index contributed by atoms with van der Waals surface area (Å²) in [7, 11) is 0. The van der Waals surface area contributed by atoms with Crippen LogP contribution in [-0.4, -0.2) is 15.9 Å². The number of carbonyl (C=O) groups excluding carboxylic acids is 1. The van der Waals surface area contributed by atoms with Crippen molar-refractivity contribution in [3.63, 3.8) is 0 Å². The van der Waals surface area contributed by atoms with Gasteiger partial charge >= 0.3 is 0 Å². The lowest BCUT2D eigenvalue weighted by Crippen LogP contribution is -2.29. The summed E-state index contributed by atoms with van der Waals surface area (Å²) in [6.45, 7) is 4.18. The van der Waals surface area contributed by atoms with E-state index in [2.05, 4.69) is 29.4 Å². The molecule has 0 spiro atoms. The molecule has 0 aliphatic carbocycles. The Hall–Kier alpha value is -3.66. The molecule has 4 rings (SSSR count). The predicted molar refractivity (Wildman–Crippen MR) is 126 cm³/mol. The minimum Gasteiger partial charge on any atom is -0.344 e. The van der Waals surface area contributed by atoms with E-state index in [4.69, 9.17) is 4.98 Å². The molecule has 2 N–H and O–H groups in total. The summed E-state index contributed by atoms with van der Waals surface area (Å²) in [5.41, 5.74) is 5.29. The van der Waals surface area contributed by atoms with Crippen LogP contribution < -0.4 is 5.32 Å². The Balaban J connectivity index is 1.72. The third kappa shape index (κ3) is 4.75. The molecule has 3 aromatic carbocycles. The van der Waals surface area contributed by atoms with Crippen LogP contribution in [0.2, 0.25) is 0 Å². The van der Waals surface area contributed by atoms with Gasteiger partial charge in [0.05, 0.1) is 6.04 Å². The summed E-state index contributed by atoms with van der Waals surface area (Å²) >= 11 is 0. The van der Waals surface area contributed by atoms with Gasteiger partial charge in [0.25, 0.3) is 5.91 Å². The number of aromatic amines is 1. The number of nitrogens with one attached hydrogen (secondary N) is 2. The van der Waals surface area contributed by atoms with Gasteiger partial charge in [-0.2, -0.15) is 0 Å². The summed E-state index contributed by atoms with van der Waals surface area (Å²) in [5, 5.41) is 3.23. The first-order valence-corrected chi connectivity index (χ1v) is 10.7. The number of carbonyl (C=O) groups is 1. The molecule has 1 aromatic heterocycles. The van der Waals surface area contributed by atoms with E-state index in [0.717, 1.165) is 29.5 Å². The fourth-order valence-electron chi connectivity index (χ4n) is 3.72. The van der Waals surface area contributed by atoms with E-state index in [1.807, 2.05) is 79.7 Å². The van der Waals surface area contributed by atoms with Gasteiger partial charge in [-0.1, -0.05) is 104 Å². The topological polar surface area (TPSA) is 57.8 Å². The van der Waals surface area contributed by atoms with Gasteiger partial charge in [-0.15, -0.1) is 0 Å². The molecule has 4 aromatic rings. The van der Waals surface area contributed by atoms with Gasteiger partial charge in [0.2, 0.25) is 0 Å². The second-order valence-corrected chi connectivity index (χ2v) is 7.77. The normalized spacial score (nSPS) is 11.8. The van der Waals surface area contributed by atoms with Crippen molar-refractivity contribution in [1.82, 2.24) is 15.3 Å². The summed E-state index contributed by atoms with van der Waals surface area (Å²) < 4.78 is 0. The monoisotopic (exact) mass is 409 g/mol. The van der Waals surface area contributed by atoms with Gasteiger partial charge in [0.15, 0.2) is 0 Å². The maximum atomic E-state index is 13.4. The molecule has 31 heavy (non-hydrogen) atoms. The lowest BCUT2D eigenvalue weighted by Gasteiger charge is -2.18. The Morgan fingerprint density at radius 1 is 0.903 bits per heavy atom. The molecule has 1 atom stereocenters. The molecule has 0 bridgehead atoms. The van der Waals surface area contributed by atoms with E-state index in [1.54, 1.807) is 0 Å². The fraction of sp³-hybridized carbons (Fsp3) is 0.185. The number of benzene rings is 3. The van der Waals surface area contributed by atoms with Crippen LogP contribution in [0.15, 0.2) is 84.9 Å². The van der Waals surface area contributed by atoms with Crippen molar-refractivity contribution >= 4 is 5.91 Å². The Kier molecular flexibility index (Phi) is 6.27. The zero-order valence-electron chi connectivity index (χ0n) is 17.9. The van der Waals surface area contributed by atoms with Crippen molar-refractivity contribution in [2.75, 3.05) is 0 Å².